The van der Waals surface area contributed by atoms with E-state index in [-0.39, 0.29) is 36.2 Å². The number of allylic oxidation sites excluding steroid dienone is 10. The molecule has 8 nitrogen and oxygen atoms in total. The van der Waals surface area contributed by atoms with E-state index in [0.29, 0.717) is 19.3 Å². The summed E-state index contributed by atoms with van der Waals surface area (Å²) in [4.78, 5) is 36.8. The van der Waals surface area contributed by atoms with E-state index in [1.807, 2.05) is 21.1 Å². The number of carbonyl (C=O) groups is 3. The normalized spacial score (nSPS) is 13.6. The predicted octanol–water partition coefficient (Wildman–Crippen LogP) is 10.6. The minimum atomic E-state index is -0.884. The topological polar surface area (TPSA) is 99.1 Å². The van der Waals surface area contributed by atoms with E-state index in [0.717, 1.165) is 83.5 Å². The summed E-state index contributed by atoms with van der Waals surface area (Å²) < 4.78 is 17.2. The first-order valence-corrected chi connectivity index (χ1v) is 20.3. The molecule has 0 bridgehead atoms. The van der Waals surface area contributed by atoms with Crippen molar-refractivity contribution in [2.24, 2.45) is 0 Å². The third kappa shape index (κ3) is 32.9. The summed E-state index contributed by atoms with van der Waals surface area (Å²) in [6.45, 7) is 4.53. The molecule has 0 saturated carbocycles. The lowest BCUT2D eigenvalue weighted by atomic mass is 10.1. The third-order valence-corrected chi connectivity index (χ3v) is 8.65. The Labute approximate surface area is 318 Å². The zero-order chi connectivity index (χ0) is 38.5. The number of carbonyl (C=O) groups excluding carboxylic acids is 2. The largest absolute Gasteiger partial charge is 0.477 e. The minimum absolute atomic E-state index is 0.0450. The summed E-state index contributed by atoms with van der Waals surface area (Å²) in [5.41, 5.74) is 0. The number of carboxylic acids is 1. The van der Waals surface area contributed by atoms with E-state index in [2.05, 4.69) is 74.6 Å². The van der Waals surface area contributed by atoms with Crippen LogP contribution in [0.1, 0.15) is 149 Å². The number of ether oxygens (including phenoxy) is 3. The van der Waals surface area contributed by atoms with Gasteiger partial charge in [-0.05, 0) is 77.0 Å². The highest BCUT2D eigenvalue weighted by Gasteiger charge is 2.31. The average Bonchev–Trinajstić information content (AvgIpc) is 3.09. The van der Waals surface area contributed by atoms with Crippen LogP contribution in [-0.2, 0) is 28.6 Å². The van der Waals surface area contributed by atoms with Gasteiger partial charge in [0.25, 0.3) is 0 Å². The molecular weight excluding hydrogens is 654 g/mol. The van der Waals surface area contributed by atoms with Gasteiger partial charge in [-0.25, -0.2) is 4.79 Å². The van der Waals surface area contributed by atoms with Crippen molar-refractivity contribution >= 4 is 17.9 Å². The quantitative estimate of drug-likeness (QED) is 0.0300. The fourth-order valence-electron chi connectivity index (χ4n) is 5.49. The maximum Gasteiger partial charge on any atom is 0.362 e. The maximum absolute atomic E-state index is 12.7. The van der Waals surface area contributed by atoms with Gasteiger partial charge in [-0.3, -0.25) is 9.59 Å². The second kappa shape index (κ2) is 35.1. The Hall–Kier alpha value is -2.97. The Morgan fingerprint density at radius 3 is 1.63 bits per heavy atom. The summed E-state index contributed by atoms with van der Waals surface area (Å²) in [5, 5.41) is 9.59. The molecule has 2 unspecified atom stereocenters. The molecule has 298 valence electrons. The number of nitrogens with zero attached hydrogens (tertiary/aromatic N) is 1. The molecule has 0 radical (unpaired) electrons. The molecule has 0 aromatic rings. The van der Waals surface area contributed by atoms with Crippen molar-refractivity contribution in [1.82, 2.24) is 0 Å². The number of aliphatic carboxylic acids is 1. The number of unbranched alkanes of at least 4 members (excludes halogenated alkanes) is 11. The Balaban J connectivity index is 4.46. The van der Waals surface area contributed by atoms with Gasteiger partial charge in [0.1, 0.15) is 6.61 Å². The Kier molecular flexibility index (Phi) is 33.1. The molecule has 0 aliphatic rings. The van der Waals surface area contributed by atoms with Gasteiger partial charge in [-0.1, -0.05) is 113 Å². The van der Waals surface area contributed by atoms with Crippen molar-refractivity contribution in [3.8, 4) is 0 Å². The molecule has 1 N–H and O–H groups in total. The zero-order valence-corrected chi connectivity index (χ0v) is 33.7. The van der Waals surface area contributed by atoms with E-state index in [4.69, 9.17) is 14.2 Å². The number of carboxylic acid groups (broad SMARTS) is 1. The van der Waals surface area contributed by atoms with Crippen LogP contribution in [0.25, 0.3) is 0 Å². The number of hydrogen-bond donors (Lipinski definition) is 1. The van der Waals surface area contributed by atoms with Crippen LogP contribution in [0.15, 0.2) is 60.8 Å². The molecule has 0 heterocycles. The molecule has 0 rings (SSSR count). The van der Waals surface area contributed by atoms with Crippen LogP contribution in [0, 0.1) is 0 Å². The SMILES string of the molecule is CC/C=C/C/C=C/C/C=C/C/C=C/CCCCCC(=O)OCC(COCCC(C(=O)O)[N+](C)(C)C)OC(=O)CCCCCCC/C=C/CCCCC. The fraction of sp³-hybridized carbons (Fsp3) is 0.705. The highest BCUT2D eigenvalue weighted by Crippen LogP contribution is 2.12. The molecule has 8 heteroatoms. The van der Waals surface area contributed by atoms with Crippen LogP contribution in [-0.4, -0.2) is 80.6 Å². The first-order valence-electron chi connectivity index (χ1n) is 20.3. The van der Waals surface area contributed by atoms with Gasteiger partial charge in [-0.15, -0.1) is 0 Å². The van der Waals surface area contributed by atoms with Gasteiger partial charge in [0.05, 0.1) is 34.4 Å². The standard InChI is InChI=1S/C44H75NO7/c1-6-8-10-12-14-16-18-20-21-22-23-25-26-28-30-32-34-42(46)51-39-40(38-50-37-36-41(44(48)49)45(3,4)5)52-43(47)35-33-31-29-27-24-19-17-15-13-11-9-7-2/h8,10,14-17,20-21,23,25,40-41H,6-7,9,11-13,18-19,22,24,26-39H2,1-5H3/p+1/b10-8+,16-14+,17-15+,21-20+,25-23+. The van der Waals surface area contributed by atoms with Crippen molar-refractivity contribution in [2.75, 3.05) is 41.0 Å². The molecule has 52 heavy (non-hydrogen) atoms. The molecule has 0 amide bonds. The molecule has 0 aromatic carbocycles. The molecule has 0 fully saturated rings. The van der Waals surface area contributed by atoms with Gasteiger partial charge in [0.2, 0.25) is 0 Å². The highest BCUT2D eigenvalue weighted by atomic mass is 16.6. The van der Waals surface area contributed by atoms with Crippen molar-refractivity contribution in [3.63, 3.8) is 0 Å². The van der Waals surface area contributed by atoms with Crippen LogP contribution in [0.5, 0.6) is 0 Å². The van der Waals surface area contributed by atoms with Gasteiger partial charge in [-0.2, -0.15) is 0 Å². The monoisotopic (exact) mass is 731 g/mol. The van der Waals surface area contributed by atoms with E-state index in [1.54, 1.807) is 0 Å². The minimum Gasteiger partial charge on any atom is -0.477 e. The molecule has 0 aromatic heterocycles. The van der Waals surface area contributed by atoms with Crippen LogP contribution >= 0.6 is 0 Å². The second-order valence-corrected chi connectivity index (χ2v) is 14.5. The van der Waals surface area contributed by atoms with E-state index in [1.165, 1.54) is 32.1 Å². The van der Waals surface area contributed by atoms with Gasteiger partial charge in [0.15, 0.2) is 12.1 Å². The Bertz CT molecular complexity index is 1040. The molecule has 0 spiro atoms. The lowest BCUT2D eigenvalue weighted by Crippen LogP contribution is -2.50. The lowest BCUT2D eigenvalue weighted by molar-refractivity contribution is -0.887. The average molecular weight is 731 g/mol. The summed E-state index contributed by atoms with van der Waals surface area (Å²) in [7, 11) is 5.50. The molecule has 0 saturated heterocycles. The first kappa shape index (κ1) is 49.0. The number of hydrogen-bond acceptors (Lipinski definition) is 6. The van der Waals surface area contributed by atoms with E-state index in [9.17, 15) is 19.5 Å². The highest BCUT2D eigenvalue weighted by molar-refractivity contribution is 5.72. The summed E-state index contributed by atoms with van der Waals surface area (Å²) in [5.74, 6) is -1.53. The molecular formula is C44H76NO7+. The third-order valence-electron chi connectivity index (χ3n) is 8.65. The van der Waals surface area contributed by atoms with Crippen molar-refractivity contribution in [3.05, 3.63) is 60.8 Å². The summed E-state index contributed by atoms with van der Waals surface area (Å²) in [6.07, 6.45) is 41.2. The Morgan fingerprint density at radius 1 is 0.596 bits per heavy atom. The van der Waals surface area contributed by atoms with Crippen molar-refractivity contribution in [2.45, 2.75) is 161 Å². The van der Waals surface area contributed by atoms with Crippen molar-refractivity contribution in [1.29, 1.82) is 0 Å². The molecule has 2 atom stereocenters. The van der Waals surface area contributed by atoms with Crippen LogP contribution in [0.3, 0.4) is 0 Å². The van der Waals surface area contributed by atoms with Crippen LogP contribution in [0.2, 0.25) is 0 Å². The fourth-order valence-corrected chi connectivity index (χ4v) is 5.49. The smallest absolute Gasteiger partial charge is 0.362 e. The molecule has 0 aliphatic carbocycles. The number of rotatable bonds is 35. The maximum atomic E-state index is 12.7. The predicted molar refractivity (Wildman–Crippen MR) is 215 cm³/mol. The van der Waals surface area contributed by atoms with Crippen molar-refractivity contribution < 1.29 is 38.2 Å². The van der Waals surface area contributed by atoms with Gasteiger partial charge < -0.3 is 23.8 Å². The second-order valence-electron chi connectivity index (χ2n) is 14.5. The van der Waals surface area contributed by atoms with E-state index >= 15 is 0 Å². The van der Waals surface area contributed by atoms with Gasteiger partial charge in [0, 0.05) is 19.3 Å². The lowest BCUT2D eigenvalue weighted by Gasteiger charge is -2.31. The van der Waals surface area contributed by atoms with E-state index < -0.39 is 18.1 Å². The van der Waals surface area contributed by atoms with Crippen LogP contribution in [0.4, 0.5) is 0 Å². The molecule has 0 aliphatic heterocycles. The van der Waals surface area contributed by atoms with Crippen LogP contribution < -0.4 is 0 Å². The zero-order valence-electron chi connectivity index (χ0n) is 33.7. The van der Waals surface area contributed by atoms with Gasteiger partial charge >= 0.3 is 17.9 Å². The number of esters is 2. The number of likely N-dealkylation sites (N-methyl/N-ethyl adjacent to an activating group) is 1. The summed E-state index contributed by atoms with van der Waals surface area (Å²) >= 11 is 0. The first-order chi connectivity index (χ1) is 25.1. The Morgan fingerprint density at radius 2 is 1.08 bits per heavy atom. The number of quaternary nitrogens is 1. The summed E-state index contributed by atoms with van der Waals surface area (Å²) in [6, 6.07) is -0.622.